The van der Waals surface area contributed by atoms with E-state index >= 15 is 0 Å². The quantitative estimate of drug-likeness (QED) is 0.420. The number of pyridine rings is 1. The molecule has 4 aromatic rings. The monoisotopic (exact) mass is 453 g/mol. The van der Waals surface area contributed by atoms with E-state index in [2.05, 4.69) is 20.6 Å². The summed E-state index contributed by atoms with van der Waals surface area (Å²) < 4.78 is 2.82. The molecule has 4 rings (SSSR count). The molecule has 158 valence electrons. The predicted octanol–water partition coefficient (Wildman–Crippen LogP) is 4.53. The third kappa shape index (κ3) is 4.60. The summed E-state index contributed by atoms with van der Waals surface area (Å²) >= 11 is 7.52. The van der Waals surface area contributed by atoms with Crippen molar-refractivity contribution in [2.45, 2.75) is 19.9 Å². The molecule has 1 atom stereocenters. The first-order valence-corrected chi connectivity index (χ1v) is 10.9. The van der Waals surface area contributed by atoms with Crippen LogP contribution in [0.4, 0.5) is 5.69 Å². The highest BCUT2D eigenvalue weighted by molar-refractivity contribution is 7.20. The molecule has 0 fully saturated rings. The number of hydrogen-bond donors (Lipinski definition) is 2. The summed E-state index contributed by atoms with van der Waals surface area (Å²) in [6.07, 6.45) is 5.38. The van der Waals surface area contributed by atoms with Gasteiger partial charge in [-0.2, -0.15) is 0 Å². The van der Waals surface area contributed by atoms with Gasteiger partial charge in [0.1, 0.15) is 6.04 Å². The lowest BCUT2D eigenvalue weighted by molar-refractivity contribution is -0.118. The second kappa shape index (κ2) is 8.87. The highest BCUT2D eigenvalue weighted by Crippen LogP contribution is 2.26. The molecule has 31 heavy (non-hydrogen) atoms. The van der Waals surface area contributed by atoms with Crippen LogP contribution in [-0.4, -0.2) is 32.4 Å². The Labute approximate surface area is 188 Å². The van der Waals surface area contributed by atoms with Crippen molar-refractivity contribution in [2.75, 3.05) is 5.32 Å². The third-order valence-electron chi connectivity index (χ3n) is 4.72. The van der Waals surface area contributed by atoms with Crippen LogP contribution in [0.15, 0.2) is 61.1 Å². The van der Waals surface area contributed by atoms with Gasteiger partial charge >= 0.3 is 0 Å². The van der Waals surface area contributed by atoms with E-state index in [1.165, 1.54) is 17.5 Å². The number of anilines is 1. The van der Waals surface area contributed by atoms with Gasteiger partial charge in [-0.15, -0.1) is 0 Å². The van der Waals surface area contributed by atoms with Crippen LogP contribution < -0.4 is 10.6 Å². The van der Waals surface area contributed by atoms with Gasteiger partial charge in [0, 0.05) is 24.2 Å². The number of carbonyl (C=O) groups is 2. The fourth-order valence-electron chi connectivity index (χ4n) is 3.08. The zero-order valence-corrected chi connectivity index (χ0v) is 18.4. The molecular weight excluding hydrogens is 434 g/mol. The Balaban J connectivity index is 1.52. The van der Waals surface area contributed by atoms with Crippen molar-refractivity contribution in [1.82, 2.24) is 19.9 Å². The number of rotatable bonds is 6. The number of hydrogen-bond acceptors (Lipinski definition) is 5. The molecule has 0 aliphatic rings. The van der Waals surface area contributed by atoms with E-state index in [9.17, 15) is 9.59 Å². The van der Waals surface area contributed by atoms with Crippen molar-refractivity contribution >= 4 is 50.7 Å². The highest BCUT2D eigenvalue weighted by Gasteiger charge is 2.25. The molecule has 9 heteroatoms. The molecule has 0 unspecified atom stereocenters. The lowest BCUT2D eigenvalue weighted by Gasteiger charge is -2.22. The summed E-state index contributed by atoms with van der Waals surface area (Å²) in [6, 6.07) is 11.8. The Bertz CT molecular complexity index is 1240. The van der Waals surface area contributed by atoms with Crippen molar-refractivity contribution in [3.8, 4) is 5.13 Å². The molecule has 0 radical (unpaired) electrons. The van der Waals surface area contributed by atoms with Crippen molar-refractivity contribution in [1.29, 1.82) is 0 Å². The fraction of sp³-hybridized carbons (Fsp3) is 0.182. The summed E-state index contributed by atoms with van der Waals surface area (Å²) in [5, 5.41) is 6.59. The molecule has 7 nitrogen and oxygen atoms in total. The molecule has 3 aromatic heterocycles. The summed E-state index contributed by atoms with van der Waals surface area (Å²) in [6.45, 7) is 3.73. The van der Waals surface area contributed by atoms with Gasteiger partial charge in [-0.1, -0.05) is 36.8 Å². The molecule has 0 saturated heterocycles. The van der Waals surface area contributed by atoms with Gasteiger partial charge in [0.25, 0.3) is 5.91 Å². The summed E-state index contributed by atoms with van der Waals surface area (Å²) in [5.41, 5.74) is 1.68. The van der Waals surface area contributed by atoms with Crippen LogP contribution in [0, 0.1) is 5.92 Å². The van der Waals surface area contributed by atoms with Crippen molar-refractivity contribution in [3.05, 3.63) is 71.8 Å². The van der Waals surface area contributed by atoms with Crippen LogP contribution in [0.3, 0.4) is 0 Å². The molecular formula is C22H20ClN5O2S. The van der Waals surface area contributed by atoms with Crippen LogP contribution in [-0.2, 0) is 4.79 Å². The molecule has 0 saturated carbocycles. The summed E-state index contributed by atoms with van der Waals surface area (Å²) in [5.74, 6) is -0.817. The number of nitrogens with zero attached hydrogens (tertiary/aromatic N) is 3. The van der Waals surface area contributed by atoms with Crippen LogP contribution in [0.2, 0.25) is 5.15 Å². The highest BCUT2D eigenvalue weighted by atomic mass is 35.5. The number of nitrogens with one attached hydrogen (secondary N) is 2. The van der Waals surface area contributed by atoms with Crippen LogP contribution in [0.25, 0.3) is 15.3 Å². The molecule has 0 bridgehead atoms. The lowest BCUT2D eigenvalue weighted by Crippen LogP contribution is -2.47. The van der Waals surface area contributed by atoms with Gasteiger partial charge in [0.2, 0.25) is 5.91 Å². The average Bonchev–Trinajstić information content (AvgIpc) is 3.42. The number of carbonyl (C=O) groups excluding carboxylic acids is 2. The Morgan fingerprint density at radius 3 is 2.61 bits per heavy atom. The molecule has 1 aromatic carbocycles. The first kappa shape index (κ1) is 21.0. The molecule has 0 aliphatic heterocycles. The third-order valence-corrected chi connectivity index (χ3v) is 6.05. The van der Waals surface area contributed by atoms with Crippen molar-refractivity contribution in [2.24, 2.45) is 5.92 Å². The SMILES string of the molecule is CC(C)[C@@H](NC(=O)c1ccc2nc(-n3cccc3)sc2c1)C(=O)Nc1cccnc1Cl. The minimum atomic E-state index is -0.739. The smallest absolute Gasteiger partial charge is 0.251 e. The van der Waals surface area contributed by atoms with Crippen LogP contribution >= 0.6 is 22.9 Å². The Morgan fingerprint density at radius 1 is 1.13 bits per heavy atom. The zero-order valence-electron chi connectivity index (χ0n) is 16.9. The van der Waals surface area contributed by atoms with E-state index in [4.69, 9.17) is 11.6 Å². The Hall–Kier alpha value is -3.23. The van der Waals surface area contributed by atoms with E-state index in [1.807, 2.05) is 49.0 Å². The fourth-order valence-corrected chi connectivity index (χ4v) is 4.21. The summed E-state index contributed by atoms with van der Waals surface area (Å²) in [4.78, 5) is 34.3. The molecule has 3 heterocycles. The topological polar surface area (TPSA) is 88.9 Å². The maximum Gasteiger partial charge on any atom is 0.251 e. The average molecular weight is 454 g/mol. The van der Waals surface area contributed by atoms with Gasteiger partial charge < -0.3 is 15.2 Å². The Morgan fingerprint density at radius 2 is 1.90 bits per heavy atom. The minimum absolute atomic E-state index is 0.133. The number of fused-ring (bicyclic) bond motifs is 1. The molecule has 0 spiro atoms. The molecule has 2 amide bonds. The van der Waals surface area contributed by atoms with E-state index in [0.717, 1.165) is 15.3 Å². The molecule has 2 N–H and O–H groups in total. The van der Waals surface area contributed by atoms with Crippen LogP contribution in [0.5, 0.6) is 0 Å². The van der Waals surface area contributed by atoms with Gasteiger partial charge in [-0.25, -0.2) is 9.97 Å². The molecule has 0 aliphatic carbocycles. The van der Waals surface area contributed by atoms with E-state index in [0.29, 0.717) is 11.3 Å². The standard InChI is InChI=1S/C22H20ClN5O2S/c1-13(2)18(21(30)25-16-6-5-9-24-19(16)23)27-20(29)14-7-8-15-17(12-14)31-22(26-15)28-10-3-4-11-28/h3-13,18H,1-2H3,(H,25,30)(H,27,29)/t18-/m1/s1. The zero-order chi connectivity index (χ0) is 22.0. The second-order valence-electron chi connectivity index (χ2n) is 7.30. The van der Waals surface area contributed by atoms with Crippen LogP contribution in [0.1, 0.15) is 24.2 Å². The first-order valence-electron chi connectivity index (χ1n) is 9.68. The largest absolute Gasteiger partial charge is 0.340 e. The van der Waals surface area contributed by atoms with Gasteiger partial charge in [0.15, 0.2) is 10.3 Å². The van der Waals surface area contributed by atoms with Crippen molar-refractivity contribution < 1.29 is 9.59 Å². The van der Waals surface area contributed by atoms with E-state index < -0.39 is 6.04 Å². The first-order chi connectivity index (χ1) is 14.9. The van der Waals surface area contributed by atoms with E-state index in [1.54, 1.807) is 24.3 Å². The predicted molar refractivity (Wildman–Crippen MR) is 123 cm³/mol. The number of amides is 2. The number of thiazole rings is 1. The van der Waals surface area contributed by atoms with E-state index in [-0.39, 0.29) is 22.9 Å². The van der Waals surface area contributed by atoms with Gasteiger partial charge in [0.05, 0.1) is 15.9 Å². The van der Waals surface area contributed by atoms with Crippen molar-refractivity contribution in [3.63, 3.8) is 0 Å². The second-order valence-corrected chi connectivity index (χ2v) is 8.66. The normalized spacial score (nSPS) is 12.1. The number of halogens is 1. The van der Waals surface area contributed by atoms with Gasteiger partial charge in [-0.3, -0.25) is 9.59 Å². The maximum absolute atomic E-state index is 12.9. The van der Waals surface area contributed by atoms with Gasteiger partial charge in [-0.05, 0) is 48.4 Å². The Kier molecular flexibility index (Phi) is 6.01. The minimum Gasteiger partial charge on any atom is -0.340 e. The maximum atomic E-state index is 12.9. The lowest BCUT2D eigenvalue weighted by atomic mass is 10.0. The number of benzene rings is 1. The summed E-state index contributed by atoms with van der Waals surface area (Å²) in [7, 11) is 0. The number of aromatic nitrogens is 3.